The van der Waals surface area contributed by atoms with Crippen molar-refractivity contribution in [3.05, 3.63) is 35.2 Å². The number of aromatic nitrogens is 1. The number of fused-ring (bicyclic) bond motifs is 1. The molecular weight excluding hydrogens is 298 g/mol. The first kappa shape index (κ1) is 14.5. The Morgan fingerprint density at radius 3 is 2.65 bits per heavy atom. The first-order valence-electron chi connectivity index (χ1n) is 5.55. The second-order valence-electron chi connectivity index (χ2n) is 3.57. The molecule has 0 saturated heterocycles. The highest BCUT2D eigenvalue weighted by atomic mass is 32.2. The smallest absolute Gasteiger partial charge is 0.345 e. The van der Waals surface area contributed by atoms with Gasteiger partial charge in [-0.3, -0.25) is 0 Å². The van der Waals surface area contributed by atoms with Gasteiger partial charge in [0, 0.05) is 6.08 Å². The number of ether oxygens (including phenoxy) is 2. The van der Waals surface area contributed by atoms with Gasteiger partial charge in [0.05, 0.1) is 24.4 Å². The number of esters is 2. The Kier molecular flexibility index (Phi) is 4.75. The maximum atomic E-state index is 11.6. The molecule has 7 heteroatoms. The van der Waals surface area contributed by atoms with E-state index in [-0.39, 0.29) is 4.91 Å². The Hall–Kier alpha value is -1.86. The second-order valence-corrected chi connectivity index (χ2v) is 5.89. The molecule has 0 atom stereocenters. The summed E-state index contributed by atoms with van der Waals surface area (Å²) in [6.07, 6.45) is 1.10. The lowest BCUT2D eigenvalue weighted by molar-refractivity contribution is -0.137. The van der Waals surface area contributed by atoms with Crippen molar-refractivity contribution in [2.45, 2.75) is 4.34 Å². The first-order chi connectivity index (χ1) is 9.63. The molecule has 104 valence electrons. The van der Waals surface area contributed by atoms with E-state index in [0.29, 0.717) is 4.34 Å². The van der Waals surface area contributed by atoms with Crippen LogP contribution in [0.1, 0.15) is 0 Å². The van der Waals surface area contributed by atoms with Gasteiger partial charge < -0.3 is 9.47 Å². The summed E-state index contributed by atoms with van der Waals surface area (Å²) in [7, 11) is 2.50. The second kappa shape index (κ2) is 6.53. The van der Waals surface area contributed by atoms with Crippen LogP contribution >= 0.6 is 23.1 Å². The molecule has 0 radical (unpaired) electrons. The number of hydrogen-bond acceptors (Lipinski definition) is 7. The minimum atomic E-state index is -0.612. The van der Waals surface area contributed by atoms with Gasteiger partial charge in [-0.05, 0) is 12.1 Å². The molecule has 1 aromatic carbocycles. The van der Waals surface area contributed by atoms with E-state index in [1.165, 1.54) is 25.6 Å². The van der Waals surface area contributed by atoms with Gasteiger partial charge in [-0.1, -0.05) is 23.9 Å². The van der Waals surface area contributed by atoms with E-state index in [9.17, 15) is 9.59 Å². The molecule has 0 bridgehead atoms. The summed E-state index contributed by atoms with van der Waals surface area (Å²) in [5, 5.41) is 0. The van der Waals surface area contributed by atoms with E-state index in [2.05, 4.69) is 14.5 Å². The van der Waals surface area contributed by atoms with Gasteiger partial charge >= 0.3 is 11.9 Å². The monoisotopic (exact) mass is 309 g/mol. The molecule has 0 fully saturated rings. The summed E-state index contributed by atoms with van der Waals surface area (Å²) in [5.74, 6) is -1.21. The predicted octanol–water partition coefficient (Wildman–Crippen LogP) is 2.62. The fourth-order valence-electron chi connectivity index (χ4n) is 1.39. The lowest BCUT2D eigenvalue weighted by atomic mass is 10.3. The van der Waals surface area contributed by atoms with Crippen molar-refractivity contribution in [1.29, 1.82) is 0 Å². The van der Waals surface area contributed by atoms with Gasteiger partial charge in [0.1, 0.15) is 4.91 Å². The van der Waals surface area contributed by atoms with Crippen LogP contribution < -0.4 is 0 Å². The van der Waals surface area contributed by atoms with Gasteiger partial charge in [-0.25, -0.2) is 14.6 Å². The summed E-state index contributed by atoms with van der Waals surface area (Å²) in [6.45, 7) is 0. The molecule has 0 unspecified atom stereocenters. The maximum Gasteiger partial charge on any atom is 0.345 e. The summed E-state index contributed by atoms with van der Waals surface area (Å²) in [4.78, 5) is 27.4. The SMILES string of the molecule is COC(=O)C=C(Sc1nc2ccccc2s1)C(=O)OC. The molecule has 0 N–H and O–H groups in total. The Morgan fingerprint density at radius 1 is 1.25 bits per heavy atom. The van der Waals surface area contributed by atoms with Crippen LogP contribution in [-0.2, 0) is 19.1 Å². The van der Waals surface area contributed by atoms with E-state index in [4.69, 9.17) is 0 Å². The molecule has 0 aliphatic rings. The van der Waals surface area contributed by atoms with E-state index in [1.807, 2.05) is 24.3 Å². The number of methoxy groups -OCH3 is 2. The number of thioether (sulfide) groups is 1. The highest BCUT2D eigenvalue weighted by Crippen LogP contribution is 2.34. The van der Waals surface area contributed by atoms with E-state index in [0.717, 1.165) is 28.1 Å². The molecule has 0 amide bonds. The molecule has 0 aliphatic heterocycles. The van der Waals surface area contributed by atoms with Crippen molar-refractivity contribution in [2.75, 3.05) is 14.2 Å². The molecule has 0 aliphatic carbocycles. The highest BCUT2D eigenvalue weighted by Gasteiger charge is 2.16. The summed E-state index contributed by atoms with van der Waals surface area (Å²) >= 11 is 2.52. The van der Waals surface area contributed by atoms with Crippen molar-refractivity contribution < 1.29 is 19.1 Å². The van der Waals surface area contributed by atoms with Gasteiger partial charge in [-0.15, -0.1) is 11.3 Å². The Labute approximate surface area is 123 Å². The number of thiazole rings is 1. The zero-order valence-corrected chi connectivity index (χ0v) is 12.4. The van der Waals surface area contributed by atoms with Crippen LogP contribution in [0.2, 0.25) is 0 Å². The standard InChI is InChI=1S/C13H11NO4S2/c1-17-11(15)7-10(12(16)18-2)20-13-14-8-5-3-4-6-9(8)19-13/h3-7H,1-2H3. The Morgan fingerprint density at radius 2 is 2.00 bits per heavy atom. The van der Waals surface area contributed by atoms with Crippen LogP contribution in [0.3, 0.4) is 0 Å². The van der Waals surface area contributed by atoms with Crippen molar-refractivity contribution in [2.24, 2.45) is 0 Å². The fraction of sp³-hybridized carbons (Fsp3) is 0.154. The average Bonchev–Trinajstić information content (AvgIpc) is 2.87. The van der Waals surface area contributed by atoms with Gasteiger partial charge in [0.25, 0.3) is 0 Å². The molecule has 1 aromatic heterocycles. The number of benzene rings is 1. The maximum absolute atomic E-state index is 11.6. The summed E-state index contributed by atoms with van der Waals surface area (Å²) in [6, 6.07) is 7.64. The van der Waals surface area contributed by atoms with E-state index in [1.54, 1.807) is 0 Å². The van der Waals surface area contributed by atoms with Gasteiger partial charge in [0.15, 0.2) is 4.34 Å². The minimum Gasteiger partial charge on any atom is -0.466 e. The highest BCUT2D eigenvalue weighted by molar-refractivity contribution is 8.05. The molecule has 5 nitrogen and oxygen atoms in total. The number of hydrogen-bond donors (Lipinski definition) is 0. The molecule has 20 heavy (non-hydrogen) atoms. The Bertz CT molecular complexity index is 645. The number of para-hydroxylation sites is 1. The largest absolute Gasteiger partial charge is 0.466 e. The minimum absolute atomic E-state index is 0.137. The van der Waals surface area contributed by atoms with Gasteiger partial charge in [-0.2, -0.15) is 0 Å². The van der Waals surface area contributed by atoms with Crippen LogP contribution in [-0.4, -0.2) is 31.1 Å². The van der Waals surface area contributed by atoms with Crippen LogP contribution in [0.4, 0.5) is 0 Å². The average molecular weight is 309 g/mol. The number of rotatable bonds is 4. The number of nitrogens with zero attached hydrogens (tertiary/aromatic N) is 1. The zero-order chi connectivity index (χ0) is 14.5. The molecule has 2 aromatic rings. The third-order valence-corrected chi connectivity index (χ3v) is 4.41. The van der Waals surface area contributed by atoms with Crippen LogP contribution in [0, 0.1) is 0 Å². The summed E-state index contributed by atoms with van der Waals surface area (Å²) in [5.41, 5.74) is 0.849. The van der Waals surface area contributed by atoms with Gasteiger partial charge in [0.2, 0.25) is 0 Å². The molecule has 1 heterocycles. The normalized spacial score (nSPS) is 11.4. The summed E-state index contributed by atoms with van der Waals surface area (Å²) < 4.78 is 10.8. The third-order valence-electron chi connectivity index (χ3n) is 2.31. The van der Waals surface area contributed by atoms with Crippen molar-refractivity contribution in [3.63, 3.8) is 0 Å². The quantitative estimate of drug-likeness (QED) is 0.491. The lowest BCUT2D eigenvalue weighted by Gasteiger charge is -2.01. The molecule has 0 spiro atoms. The van der Waals surface area contributed by atoms with E-state index >= 15 is 0 Å². The van der Waals surface area contributed by atoms with Crippen molar-refractivity contribution in [1.82, 2.24) is 4.98 Å². The molecule has 0 saturated carbocycles. The van der Waals surface area contributed by atoms with Crippen molar-refractivity contribution in [3.8, 4) is 0 Å². The topological polar surface area (TPSA) is 65.5 Å². The molecular formula is C13H11NO4S2. The fourth-order valence-corrected chi connectivity index (χ4v) is 3.44. The lowest BCUT2D eigenvalue weighted by Crippen LogP contribution is -2.05. The van der Waals surface area contributed by atoms with Crippen molar-refractivity contribution >= 4 is 45.3 Å². The first-order valence-corrected chi connectivity index (χ1v) is 7.18. The van der Waals surface area contributed by atoms with Crippen LogP contribution in [0.5, 0.6) is 0 Å². The number of carbonyl (C=O) groups excluding carboxylic acids is 2. The number of carbonyl (C=O) groups is 2. The predicted molar refractivity (Wildman–Crippen MR) is 77.6 cm³/mol. The van der Waals surface area contributed by atoms with Crippen LogP contribution in [0.15, 0.2) is 39.6 Å². The molecule has 2 rings (SSSR count). The van der Waals surface area contributed by atoms with E-state index < -0.39 is 11.9 Å². The van der Waals surface area contributed by atoms with Crippen LogP contribution in [0.25, 0.3) is 10.2 Å². The third kappa shape index (κ3) is 3.37. The zero-order valence-electron chi connectivity index (χ0n) is 10.8. The Balaban J connectivity index is 2.29.